The van der Waals surface area contributed by atoms with Gasteiger partial charge in [-0.2, -0.15) is 15.0 Å². The summed E-state index contributed by atoms with van der Waals surface area (Å²) in [6, 6.07) is 0. The van der Waals surface area contributed by atoms with Gasteiger partial charge in [0, 0.05) is 25.5 Å². The molecule has 0 bridgehead atoms. The molecule has 2 rings (SSSR count). The molecule has 0 saturated carbocycles. The van der Waals surface area contributed by atoms with Crippen LogP contribution in [0.2, 0.25) is 0 Å². The average molecular weight is 289 g/mol. The Balaban J connectivity index is 2.16. The minimum absolute atomic E-state index is 0.563. The summed E-state index contributed by atoms with van der Waals surface area (Å²) in [5.41, 5.74) is 0. The SMILES string of the molecule is CCCNc1nc(NCCC(C)C)nc(-n2ccnc2)n1. The van der Waals surface area contributed by atoms with Crippen molar-refractivity contribution in [1.82, 2.24) is 24.5 Å². The highest BCUT2D eigenvalue weighted by Gasteiger charge is 2.07. The molecule has 7 heteroatoms. The van der Waals surface area contributed by atoms with Crippen molar-refractivity contribution in [3.8, 4) is 5.95 Å². The van der Waals surface area contributed by atoms with E-state index >= 15 is 0 Å². The molecular weight excluding hydrogens is 266 g/mol. The van der Waals surface area contributed by atoms with Gasteiger partial charge in [0.25, 0.3) is 0 Å². The largest absolute Gasteiger partial charge is 0.354 e. The Hall–Kier alpha value is -2.18. The van der Waals surface area contributed by atoms with Crippen LogP contribution in [0.1, 0.15) is 33.6 Å². The van der Waals surface area contributed by atoms with Gasteiger partial charge in [-0.1, -0.05) is 20.8 Å². The van der Waals surface area contributed by atoms with Gasteiger partial charge in [-0.05, 0) is 18.8 Å². The highest BCUT2D eigenvalue weighted by molar-refractivity contribution is 5.37. The Morgan fingerprint density at radius 1 is 1.10 bits per heavy atom. The number of imidazole rings is 1. The van der Waals surface area contributed by atoms with Crippen LogP contribution in [0, 0.1) is 5.92 Å². The van der Waals surface area contributed by atoms with Gasteiger partial charge >= 0.3 is 0 Å². The van der Waals surface area contributed by atoms with Crippen LogP contribution >= 0.6 is 0 Å². The highest BCUT2D eigenvalue weighted by Crippen LogP contribution is 2.10. The Labute approximate surface area is 125 Å². The molecule has 0 atom stereocenters. The predicted molar refractivity (Wildman–Crippen MR) is 83.7 cm³/mol. The quantitative estimate of drug-likeness (QED) is 0.776. The maximum absolute atomic E-state index is 4.43. The molecule has 0 radical (unpaired) electrons. The predicted octanol–water partition coefficient (Wildman–Crippen LogP) is 2.34. The molecule has 114 valence electrons. The van der Waals surface area contributed by atoms with Crippen molar-refractivity contribution < 1.29 is 0 Å². The first kappa shape index (κ1) is 15.2. The summed E-state index contributed by atoms with van der Waals surface area (Å²) in [5, 5.41) is 6.46. The Bertz CT molecular complexity index is 536. The van der Waals surface area contributed by atoms with Crippen LogP contribution in [0.3, 0.4) is 0 Å². The molecule has 2 N–H and O–H groups in total. The van der Waals surface area contributed by atoms with Gasteiger partial charge < -0.3 is 10.6 Å². The van der Waals surface area contributed by atoms with Crippen molar-refractivity contribution in [3.05, 3.63) is 18.7 Å². The molecule has 0 aromatic carbocycles. The zero-order valence-electron chi connectivity index (χ0n) is 12.9. The molecule has 2 aromatic heterocycles. The first-order valence-electron chi connectivity index (χ1n) is 7.41. The van der Waals surface area contributed by atoms with Gasteiger partial charge in [-0.3, -0.25) is 4.57 Å². The van der Waals surface area contributed by atoms with Crippen molar-refractivity contribution in [2.24, 2.45) is 5.92 Å². The molecule has 7 nitrogen and oxygen atoms in total. The maximum Gasteiger partial charge on any atom is 0.241 e. The Kier molecular flexibility index (Phi) is 5.48. The molecule has 0 aliphatic rings. The molecule has 0 spiro atoms. The van der Waals surface area contributed by atoms with E-state index in [1.807, 2.05) is 6.20 Å². The zero-order chi connectivity index (χ0) is 15.1. The first-order chi connectivity index (χ1) is 10.2. The molecule has 2 aromatic rings. The zero-order valence-corrected chi connectivity index (χ0v) is 12.9. The second-order valence-electron chi connectivity index (χ2n) is 5.29. The fourth-order valence-corrected chi connectivity index (χ4v) is 1.73. The van der Waals surface area contributed by atoms with Gasteiger partial charge in [0.05, 0.1) is 0 Å². The van der Waals surface area contributed by atoms with E-state index in [9.17, 15) is 0 Å². The summed E-state index contributed by atoms with van der Waals surface area (Å²) in [6.45, 7) is 8.17. The lowest BCUT2D eigenvalue weighted by Crippen LogP contribution is -2.14. The summed E-state index contributed by atoms with van der Waals surface area (Å²) >= 11 is 0. The lowest BCUT2D eigenvalue weighted by atomic mass is 10.1. The van der Waals surface area contributed by atoms with E-state index in [1.165, 1.54) is 0 Å². The number of hydrogen-bond acceptors (Lipinski definition) is 6. The van der Waals surface area contributed by atoms with Gasteiger partial charge in [0.15, 0.2) is 0 Å². The molecule has 0 unspecified atom stereocenters. The lowest BCUT2D eigenvalue weighted by molar-refractivity contribution is 0.605. The van der Waals surface area contributed by atoms with Crippen molar-refractivity contribution in [1.29, 1.82) is 0 Å². The fourth-order valence-electron chi connectivity index (χ4n) is 1.73. The molecule has 0 fully saturated rings. The van der Waals surface area contributed by atoms with E-state index in [0.717, 1.165) is 25.9 Å². The first-order valence-corrected chi connectivity index (χ1v) is 7.41. The van der Waals surface area contributed by atoms with Crippen LogP contribution in [0.25, 0.3) is 5.95 Å². The van der Waals surface area contributed by atoms with E-state index < -0.39 is 0 Å². The standard InChI is InChI=1S/C14H23N7/c1-4-6-16-12-18-13(17-7-5-11(2)3)20-14(19-12)21-9-8-15-10-21/h8-11H,4-7H2,1-3H3,(H2,16,17,18,19,20). The van der Waals surface area contributed by atoms with Crippen LogP contribution < -0.4 is 10.6 Å². The molecule has 0 amide bonds. The van der Waals surface area contributed by atoms with Crippen molar-refractivity contribution >= 4 is 11.9 Å². The minimum atomic E-state index is 0.563. The number of nitrogens with one attached hydrogen (secondary N) is 2. The van der Waals surface area contributed by atoms with E-state index in [4.69, 9.17) is 0 Å². The van der Waals surface area contributed by atoms with E-state index in [2.05, 4.69) is 51.3 Å². The second-order valence-corrected chi connectivity index (χ2v) is 5.29. The smallest absolute Gasteiger partial charge is 0.241 e. The number of anilines is 2. The molecule has 0 saturated heterocycles. The van der Waals surface area contributed by atoms with Crippen LogP contribution in [0.5, 0.6) is 0 Å². The summed E-state index contributed by atoms with van der Waals surface area (Å²) in [7, 11) is 0. The van der Waals surface area contributed by atoms with Gasteiger partial charge in [-0.15, -0.1) is 0 Å². The van der Waals surface area contributed by atoms with Gasteiger partial charge in [0.1, 0.15) is 6.33 Å². The molecule has 2 heterocycles. The highest BCUT2D eigenvalue weighted by atomic mass is 15.3. The van der Waals surface area contributed by atoms with Crippen LogP contribution in [0.15, 0.2) is 18.7 Å². The third kappa shape index (κ3) is 4.70. The molecule has 21 heavy (non-hydrogen) atoms. The third-order valence-electron chi connectivity index (χ3n) is 2.90. The Morgan fingerprint density at radius 2 is 1.81 bits per heavy atom. The normalized spacial score (nSPS) is 10.9. The molecule has 0 aliphatic heterocycles. The van der Waals surface area contributed by atoms with Crippen molar-refractivity contribution in [3.63, 3.8) is 0 Å². The number of hydrogen-bond donors (Lipinski definition) is 2. The van der Waals surface area contributed by atoms with Crippen LogP contribution in [0.4, 0.5) is 11.9 Å². The lowest BCUT2D eigenvalue weighted by Gasteiger charge is -2.10. The third-order valence-corrected chi connectivity index (χ3v) is 2.90. The summed E-state index contributed by atoms with van der Waals surface area (Å²) in [4.78, 5) is 17.3. The number of rotatable bonds is 8. The van der Waals surface area contributed by atoms with E-state index in [1.54, 1.807) is 17.1 Å². The Morgan fingerprint density at radius 3 is 2.38 bits per heavy atom. The second kappa shape index (κ2) is 7.56. The minimum Gasteiger partial charge on any atom is -0.354 e. The monoisotopic (exact) mass is 289 g/mol. The van der Waals surface area contributed by atoms with E-state index in [0.29, 0.717) is 23.8 Å². The number of nitrogens with zero attached hydrogens (tertiary/aromatic N) is 5. The fraction of sp³-hybridized carbons (Fsp3) is 0.571. The number of aromatic nitrogens is 5. The van der Waals surface area contributed by atoms with Crippen molar-refractivity contribution in [2.75, 3.05) is 23.7 Å². The topological polar surface area (TPSA) is 80.5 Å². The van der Waals surface area contributed by atoms with Gasteiger partial charge in [-0.25, -0.2) is 4.98 Å². The maximum atomic E-state index is 4.43. The summed E-state index contributed by atoms with van der Waals surface area (Å²) in [6.07, 6.45) is 7.29. The summed E-state index contributed by atoms with van der Waals surface area (Å²) < 4.78 is 1.77. The molecular formula is C14H23N7. The average Bonchev–Trinajstić information content (AvgIpc) is 2.99. The molecule has 0 aliphatic carbocycles. The van der Waals surface area contributed by atoms with Gasteiger partial charge in [0.2, 0.25) is 17.8 Å². The van der Waals surface area contributed by atoms with E-state index in [-0.39, 0.29) is 0 Å². The van der Waals surface area contributed by atoms with Crippen molar-refractivity contribution in [2.45, 2.75) is 33.6 Å². The van der Waals surface area contributed by atoms with Crippen LogP contribution in [-0.4, -0.2) is 37.6 Å². The summed E-state index contributed by atoms with van der Waals surface area (Å²) in [5.74, 6) is 2.38. The van der Waals surface area contributed by atoms with Crippen LogP contribution in [-0.2, 0) is 0 Å².